The standard InChI is InChI=1S/C21H25NO3/c1-24-20-9-5-6-18(16-20)21(23)22-13-10-17(11-14-22)12-15-25-19-7-3-2-4-8-19/h2-9,16-17H,10-15H2,1H3. The minimum Gasteiger partial charge on any atom is -0.497 e. The Labute approximate surface area is 149 Å². The molecule has 1 aliphatic heterocycles. The number of likely N-dealkylation sites (tertiary alicyclic amines) is 1. The molecule has 1 amide bonds. The predicted octanol–water partition coefficient (Wildman–Crippen LogP) is 4.02. The van der Waals surface area contributed by atoms with Gasteiger partial charge in [-0.2, -0.15) is 0 Å². The molecule has 0 bridgehead atoms. The molecule has 4 heteroatoms. The first-order valence-electron chi connectivity index (χ1n) is 8.87. The number of benzene rings is 2. The SMILES string of the molecule is COc1cccc(C(=O)N2CCC(CCOc3ccccc3)CC2)c1. The number of amides is 1. The van der Waals surface area contributed by atoms with E-state index >= 15 is 0 Å². The second-order valence-corrected chi connectivity index (χ2v) is 6.42. The molecule has 1 aliphatic rings. The van der Waals surface area contributed by atoms with E-state index in [1.54, 1.807) is 7.11 Å². The molecule has 132 valence electrons. The molecule has 0 aromatic heterocycles. The van der Waals surface area contributed by atoms with Crippen molar-refractivity contribution < 1.29 is 14.3 Å². The van der Waals surface area contributed by atoms with Gasteiger partial charge in [0.15, 0.2) is 0 Å². The van der Waals surface area contributed by atoms with Crippen LogP contribution in [0.3, 0.4) is 0 Å². The second-order valence-electron chi connectivity index (χ2n) is 6.42. The number of carbonyl (C=O) groups is 1. The number of carbonyl (C=O) groups excluding carboxylic acids is 1. The minimum atomic E-state index is 0.0953. The van der Waals surface area contributed by atoms with E-state index in [0.29, 0.717) is 11.5 Å². The van der Waals surface area contributed by atoms with Gasteiger partial charge in [-0.1, -0.05) is 24.3 Å². The number of hydrogen-bond acceptors (Lipinski definition) is 3. The Morgan fingerprint density at radius 3 is 2.48 bits per heavy atom. The number of hydrogen-bond donors (Lipinski definition) is 0. The molecule has 0 unspecified atom stereocenters. The lowest BCUT2D eigenvalue weighted by molar-refractivity contribution is 0.0679. The highest BCUT2D eigenvalue weighted by Gasteiger charge is 2.23. The van der Waals surface area contributed by atoms with Crippen molar-refractivity contribution in [2.24, 2.45) is 5.92 Å². The molecule has 3 rings (SSSR count). The summed E-state index contributed by atoms with van der Waals surface area (Å²) in [7, 11) is 1.62. The maximum atomic E-state index is 12.6. The van der Waals surface area contributed by atoms with Gasteiger partial charge in [-0.15, -0.1) is 0 Å². The zero-order valence-corrected chi connectivity index (χ0v) is 14.7. The summed E-state index contributed by atoms with van der Waals surface area (Å²) in [4.78, 5) is 14.6. The number of ether oxygens (including phenoxy) is 2. The number of nitrogens with zero attached hydrogens (tertiary/aromatic N) is 1. The molecule has 0 saturated carbocycles. The van der Waals surface area contributed by atoms with Crippen molar-refractivity contribution in [3.8, 4) is 11.5 Å². The highest BCUT2D eigenvalue weighted by molar-refractivity contribution is 5.94. The van der Waals surface area contributed by atoms with Crippen molar-refractivity contribution >= 4 is 5.91 Å². The van der Waals surface area contributed by atoms with Crippen molar-refractivity contribution in [2.75, 3.05) is 26.8 Å². The Morgan fingerprint density at radius 2 is 1.76 bits per heavy atom. The summed E-state index contributed by atoms with van der Waals surface area (Å²) in [5, 5.41) is 0. The van der Waals surface area contributed by atoms with Crippen LogP contribution in [-0.4, -0.2) is 37.6 Å². The van der Waals surface area contributed by atoms with Crippen molar-refractivity contribution in [1.82, 2.24) is 4.90 Å². The highest BCUT2D eigenvalue weighted by atomic mass is 16.5. The molecule has 25 heavy (non-hydrogen) atoms. The number of rotatable bonds is 6. The molecule has 0 atom stereocenters. The quantitative estimate of drug-likeness (QED) is 0.798. The van der Waals surface area contributed by atoms with Crippen LogP contribution in [0.15, 0.2) is 54.6 Å². The van der Waals surface area contributed by atoms with Gasteiger partial charge < -0.3 is 14.4 Å². The molecule has 2 aromatic rings. The molecule has 0 aliphatic carbocycles. The van der Waals surface area contributed by atoms with E-state index in [1.165, 1.54) is 0 Å². The fourth-order valence-electron chi connectivity index (χ4n) is 3.22. The maximum Gasteiger partial charge on any atom is 0.253 e. The van der Waals surface area contributed by atoms with Crippen LogP contribution in [0.4, 0.5) is 0 Å². The monoisotopic (exact) mass is 339 g/mol. The summed E-state index contributed by atoms with van der Waals surface area (Å²) >= 11 is 0. The molecule has 0 N–H and O–H groups in total. The zero-order valence-electron chi connectivity index (χ0n) is 14.7. The van der Waals surface area contributed by atoms with E-state index < -0.39 is 0 Å². The van der Waals surface area contributed by atoms with Crippen LogP contribution >= 0.6 is 0 Å². The summed E-state index contributed by atoms with van der Waals surface area (Å²) in [6, 6.07) is 17.3. The summed E-state index contributed by atoms with van der Waals surface area (Å²) in [6.45, 7) is 2.36. The van der Waals surface area contributed by atoms with Gasteiger partial charge in [0, 0.05) is 18.7 Å². The number of piperidine rings is 1. The lowest BCUT2D eigenvalue weighted by Crippen LogP contribution is -2.38. The Morgan fingerprint density at radius 1 is 1.04 bits per heavy atom. The smallest absolute Gasteiger partial charge is 0.253 e. The lowest BCUT2D eigenvalue weighted by Gasteiger charge is -2.32. The van der Waals surface area contributed by atoms with Crippen molar-refractivity contribution in [3.63, 3.8) is 0 Å². The third-order valence-corrected chi connectivity index (χ3v) is 4.76. The van der Waals surface area contributed by atoms with Crippen LogP contribution in [0.5, 0.6) is 11.5 Å². The maximum absolute atomic E-state index is 12.6. The van der Waals surface area contributed by atoms with E-state index in [2.05, 4.69) is 0 Å². The molecule has 4 nitrogen and oxygen atoms in total. The van der Waals surface area contributed by atoms with Gasteiger partial charge >= 0.3 is 0 Å². The molecule has 0 spiro atoms. The van der Waals surface area contributed by atoms with E-state index in [-0.39, 0.29) is 5.91 Å². The van der Waals surface area contributed by atoms with E-state index in [9.17, 15) is 4.79 Å². The van der Waals surface area contributed by atoms with Gasteiger partial charge in [0.25, 0.3) is 5.91 Å². The van der Waals surface area contributed by atoms with Crippen LogP contribution < -0.4 is 9.47 Å². The summed E-state index contributed by atoms with van der Waals surface area (Å²) < 4.78 is 11.0. The normalized spacial score (nSPS) is 15.0. The third-order valence-electron chi connectivity index (χ3n) is 4.76. The van der Waals surface area contributed by atoms with Gasteiger partial charge in [-0.3, -0.25) is 4.79 Å². The molecular weight excluding hydrogens is 314 g/mol. The predicted molar refractivity (Wildman–Crippen MR) is 98.2 cm³/mol. The Hall–Kier alpha value is -2.49. The summed E-state index contributed by atoms with van der Waals surface area (Å²) in [5.74, 6) is 2.36. The molecule has 1 saturated heterocycles. The van der Waals surface area contributed by atoms with Crippen LogP contribution in [0.1, 0.15) is 29.6 Å². The number of para-hydroxylation sites is 1. The Bertz CT molecular complexity index is 679. The lowest BCUT2D eigenvalue weighted by atomic mass is 9.93. The second kappa shape index (κ2) is 8.56. The van der Waals surface area contributed by atoms with Crippen LogP contribution in [0.2, 0.25) is 0 Å². The first-order valence-corrected chi connectivity index (χ1v) is 8.87. The van der Waals surface area contributed by atoms with Gasteiger partial charge in [0.2, 0.25) is 0 Å². The van der Waals surface area contributed by atoms with Gasteiger partial charge in [0.1, 0.15) is 11.5 Å². The topological polar surface area (TPSA) is 38.8 Å². The van der Waals surface area contributed by atoms with E-state index in [4.69, 9.17) is 9.47 Å². The van der Waals surface area contributed by atoms with E-state index in [0.717, 1.165) is 50.5 Å². The first kappa shape index (κ1) is 17.3. The van der Waals surface area contributed by atoms with Crippen LogP contribution in [-0.2, 0) is 0 Å². The van der Waals surface area contributed by atoms with Crippen molar-refractivity contribution in [2.45, 2.75) is 19.3 Å². The van der Waals surface area contributed by atoms with E-state index in [1.807, 2.05) is 59.5 Å². The van der Waals surface area contributed by atoms with Crippen LogP contribution in [0.25, 0.3) is 0 Å². The molecule has 2 aromatic carbocycles. The molecule has 0 radical (unpaired) electrons. The molecule has 1 fully saturated rings. The van der Waals surface area contributed by atoms with Gasteiger partial charge in [0.05, 0.1) is 13.7 Å². The minimum absolute atomic E-state index is 0.0953. The zero-order chi connectivity index (χ0) is 17.5. The van der Waals surface area contributed by atoms with Gasteiger partial charge in [-0.25, -0.2) is 0 Å². The summed E-state index contributed by atoms with van der Waals surface area (Å²) in [5.41, 5.74) is 0.699. The average Bonchev–Trinajstić information content (AvgIpc) is 2.69. The Kier molecular flexibility index (Phi) is 5.94. The fourth-order valence-corrected chi connectivity index (χ4v) is 3.22. The first-order chi connectivity index (χ1) is 12.3. The van der Waals surface area contributed by atoms with Gasteiger partial charge in [-0.05, 0) is 55.5 Å². The third kappa shape index (κ3) is 4.75. The fraction of sp³-hybridized carbons (Fsp3) is 0.381. The average molecular weight is 339 g/mol. The highest BCUT2D eigenvalue weighted by Crippen LogP contribution is 2.23. The van der Waals surface area contributed by atoms with Crippen molar-refractivity contribution in [3.05, 3.63) is 60.2 Å². The van der Waals surface area contributed by atoms with Crippen molar-refractivity contribution in [1.29, 1.82) is 0 Å². The number of methoxy groups -OCH3 is 1. The largest absolute Gasteiger partial charge is 0.497 e. The van der Waals surface area contributed by atoms with Crippen LogP contribution in [0, 0.1) is 5.92 Å². The Balaban J connectivity index is 1.44. The molecule has 1 heterocycles. The summed E-state index contributed by atoms with van der Waals surface area (Å²) in [6.07, 6.45) is 3.11. The molecular formula is C21H25NO3.